The van der Waals surface area contributed by atoms with E-state index in [9.17, 15) is 14.4 Å². The van der Waals surface area contributed by atoms with Crippen LogP contribution >= 0.6 is 0 Å². The Kier molecular flexibility index (Phi) is 4.46. The summed E-state index contributed by atoms with van der Waals surface area (Å²) in [7, 11) is 0. The molecule has 1 saturated heterocycles. The second-order valence-electron chi connectivity index (χ2n) is 7.72. The molecule has 0 saturated carbocycles. The number of carbonyl (C=O) groups excluding carboxylic acids is 3. The Morgan fingerprint density at radius 1 is 1.13 bits per heavy atom. The first-order chi connectivity index (χ1) is 15.0. The summed E-state index contributed by atoms with van der Waals surface area (Å²) in [6.45, 7) is 1.91. The van der Waals surface area contributed by atoms with Crippen LogP contribution in [0.5, 0.6) is 17.2 Å². The molecule has 5 rings (SSSR count). The maximum atomic E-state index is 13.3. The Labute approximate surface area is 178 Å². The number of nitrogens with zero attached hydrogens (tertiary/aromatic N) is 1. The number of hydrogen-bond donors (Lipinski definition) is 2. The van der Waals surface area contributed by atoms with Gasteiger partial charge >= 0.3 is 6.03 Å². The number of benzene rings is 2. The van der Waals surface area contributed by atoms with E-state index in [0.29, 0.717) is 35.8 Å². The molecule has 160 valence electrons. The van der Waals surface area contributed by atoms with Gasteiger partial charge in [0.05, 0.1) is 12.6 Å². The van der Waals surface area contributed by atoms with E-state index in [0.717, 1.165) is 10.5 Å². The van der Waals surface area contributed by atoms with E-state index in [1.165, 1.54) is 0 Å². The van der Waals surface area contributed by atoms with Crippen LogP contribution in [-0.2, 0) is 15.1 Å². The van der Waals surface area contributed by atoms with Crippen molar-refractivity contribution in [3.05, 3.63) is 53.6 Å². The topological polar surface area (TPSA) is 106 Å². The molecular formula is C22H21N3O6. The molecule has 0 unspecified atom stereocenters. The molecule has 9 nitrogen and oxygen atoms in total. The fourth-order valence-corrected chi connectivity index (χ4v) is 4.21. The molecule has 0 aromatic heterocycles. The van der Waals surface area contributed by atoms with E-state index >= 15 is 0 Å². The van der Waals surface area contributed by atoms with Gasteiger partial charge in [-0.1, -0.05) is 24.3 Å². The molecule has 2 aromatic carbocycles. The standard InChI is InChI=1S/C22H21N3O6/c1-13(14-6-7-17-18(10-14)31-12-30-17)23-19(26)11-25-20(27)22(24-21(25)28)8-9-29-16-5-3-2-4-15(16)22/h2-7,10,13H,8-9,11-12H2,1H3,(H,23,26)(H,24,28)/t13-,22-/m1/s1. The Bertz CT molecular complexity index is 1090. The van der Waals surface area contributed by atoms with Gasteiger partial charge in [0.25, 0.3) is 5.91 Å². The van der Waals surface area contributed by atoms with Gasteiger partial charge in [-0.2, -0.15) is 0 Å². The summed E-state index contributed by atoms with van der Waals surface area (Å²) >= 11 is 0. The minimum Gasteiger partial charge on any atom is -0.493 e. The van der Waals surface area contributed by atoms with Gasteiger partial charge in [-0.15, -0.1) is 0 Å². The van der Waals surface area contributed by atoms with Crippen LogP contribution in [0.15, 0.2) is 42.5 Å². The van der Waals surface area contributed by atoms with E-state index < -0.39 is 23.4 Å². The molecule has 3 aliphatic heterocycles. The average Bonchev–Trinajstić information content (AvgIpc) is 3.32. The summed E-state index contributed by atoms with van der Waals surface area (Å²) < 4.78 is 16.3. The van der Waals surface area contributed by atoms with Crippen LogP contribution in [0.1, 0.15) is 30.5 Å². The van der Waals surface area contributed by atoms with E-state index in [2.05, 4.69) is 10.6 Å². The number of carbonyl (C=O) groups is 3. The van der Waals surface area contributed by atoms with Gasteiger partial charge < -0.3 is 24.8 Å². The number of ether oxygens (including phenoxy) is 3. The fourth-order valence-electron chi connectivity index (χ4n) is 4.21. The first-order valence-electron chi connectivity index (χ1n) is 10.0. The van der Waals surface area contributed by atoms with E-state index in [-0.39, 0.29) is 19.4 Å². The fraction of sp³-hybridized carbons (Fsp3) is 0.318. The summed E-state index contributed by atoms with van der Waals surface area (Å²) in [5.74, 6) is 0.951. The third kappa shape index (κ3) is 3.13. The minimum absolute atomic E-state index is 0.168. The lowest BCUT2D eigenvalue weighted by atomic mass is 9.84. The third-order valence-corrected chi connectivity index (χ3v) is 5.83. The normalized spacial score (nSPS) is 22.0. The van der Waals surface area contributed by atoms with Crippen LogP contribution < -0.4 is 24.8 Å². The third-order valence-electron chi connectivity index (χ3n) is 5.83. The Morgan fingerprint density at radius 2 is 1.94 bits per heavy atom. The van der Waals surface area contributed by atoms with Crippen molar-refractivity contribution in [1.82, 2.24) is 15.5 Å². The number of hydrogen-bond acceptors (Lipinski definition) is 6. The molecule has 0 radical (unpaired) electrons. The van der Waals surface area contributed by atoms with Crippen molar-refractivity contribution < 1.29 is 28.6 Å². The lowest BCUT2D eigenvalue weighted by Crippen LogP contribution is -2.48. The number of amides is 4. The molecule has 2 aromatic rings. The molecule has 31 heavy (non-hydrogen) atoms. The van der Waals surface area contributed by atoms with E-state index in [1.807, 2.05) is 19.1 Å². The van der Waals surface area contributed by atoms with Gasteiger partial charge in [-0.3, -0.25) is 14.5 Å². The SMILES string of the molecule is C[C@@H](NC(=O)CN1C(=O)N[C@@]2(CCOc3ccccc32)C1=O)c1ccc2c(c1)OCO2. The molecule has 2 N–H and O–H groups in total. The predicted molar refractivity (Wildman–Crippen MR) is 108 cm³/mol. The summed E-state index contributed by atoms with van der Waals surface area (Å²) in [5, 5.41) is 5.62. The molecule has 1 spiro atoms. The van der Waals surface area contributed by atoms with Crippen molar-refractivity contribution >= 4 is 17.8 Å². The van der Waals surface area contributed by atoms with Crippen LogP contribution in [0.2, 0.25) is 0 Å². The first kappa shape index (κ1) is 19.2. The smallest absolute Gasteiger partial charge is 0.325 e. The van der Waals surface area contributed by atoms with E-state index in [4.69, 9.17) is 14.2 Å². The van der Waals surface area contributed by atoms with Crippen molar-refractivity contribution in [1.29, 1.82) is 0 Å². The molecule has 2 atom stereocenters. The van der Waals surface area contributed by atoms with Crippen LogP contribution in [0.25, 0.3) is 0 Å². The Balaban J connectivity index is 1.30. The highest BCUT2D eigenvalue weighted by atomic mass is 16.7. The summed E-state index contributed by atoms with van der Waals surface area (Å²) in [6, 6.07) is 11.6. The summed E-state index contributed by atoms with van der Waals surface area (Å²) in [4.78, 5) is 39.5. The molecule has 4 amide bonds. The molecular weight excluding hydrogens is 402 g/mol. The van der Waals surface area contributed by atoms with Crippen LogP contribution in [0.3, 0.4) is 0 Å². The van der Waals surface area contributed by atoms with Crippen molar-refractivity contribution in [3.8, 4) is 17.2 Å². The van der Waals surface area contributed by atoms with Gasteiger partial charge in [0.2, 0.25) is 12.7 Å². The highest BCUT2D eigenvalue weighted by Gasteiger charge is 2.55. The van der Waals surface area contributed by atoms with Gasteiger partial charge in [-0.05, 0) is 30.7 Å². The number of fused-ring (bicyclic) bond motifs is 3. The van der Waals surface area contributed by atoms with Gasteiger partial charge in [0, 0.05) is 12.0 Å². The quantitative estimate of drug-likeness (QED) is 0.727. The van der Waals surface area contributed by atoms with Crippen LogP contribution in [0.4, 0.5) is 4.79 Å². The second-order valence-corrected chi connectivity index (χ2v) is 7.72. The van der Waals surface area contributed by atoms with Crippen LogP contribution in [-0.4, -0.2) is 42.7 Å². The molecule has 3 aliphatic rings. The average molecular weight is 423 g/mol. The molecule has 0 bridgehead atoms. The molecule has 0 aliphatic carbocycles. The molecule has 1 fully saturated rings. The van der Waals surface area contributed by atoms with Gasteiger partial charge in [0.1, 0.15) is 12.3 Å². The lowest BCUT2D eigenvalue weighted by molar-refractivity contribution is -0.136. The number of rotatable bonds is 4. The summed E-state index contributed by atoms with van der Waals surface area (Å²) in [6.07, 6.45) is 0.306. The zero-order valence-corrected chi connectivity index (χ0v) is 16.8. The number of urea groups is 1. The second kappa shape index (κ2) is 7.19. The van der Waals surface area contributed by atoms with Crippen molar-refractivity contribution in [2.24, 2.45) is 0 Å². The number of nitrogens with one attached hydrogen (secondary N) is 2. The maximum absolute atomic E-state index is 13.3. The van der Waals surface area contributed by atoms with Gasteiger partial charge in [0.15, 0.2) is 17.0 Å². The Hall–Kier alpha value is -3.75. The predicted octanol–water partition coefficient (Wildman–Crippen LogP) is 1.82. The molecule has 3 heterocycles. The monoisotopic (exact) mass is 423 g/mol. The van der Waals surface area contributed by atoms with Crippen molar-refractivity contribution in [3.63, 3.8) is 0 Å². The summed E-state index contributed by atoms with van der Waals surface area (Å²) in [5.41, 5.74) is 0.232. The highest BCUT2D eigenvalue weighted by Crippen LogP contribution is 2.41. The lowest BCUT2D eigenvalue weighted by Gasteiger charge is -2.33. The first-order valence-corrected chi connectivity index (χ1v) is 10.0. The zero-order chi connectivity index (χ0) is 21.6. The number of para-hydroxylation sites is 1. The maximum Gasteiger partial charge on any atom is 0.325 e. The van der Waals surface area contributed by atoms with Crippen molar-refractivity contribution in [2.75, 3.05) is 19.9 Å². The molecule has 9 heteroatoms. The van der Waals surface area contributed by atoms with Crippen molar-refractivity contribution in [2.45, 2.75) is 24.9 Å². The van der Waals surface area contributed by atoms with Crippen LogP contribution in [0, 0.1) is 0 Å². The zero-order valence-electron chi connectivity index (χ0n) is 16.8. The number of imide groups is 1. The largest absolute Gasteiger partial charge is 0.493 e. The van der Waals surface area contributed by atoms with Gasteiger partial charge in [-0.25, -0.2) is 4.79 Å². The minimum atomic E-state index is -1.20. The highest BCUT2D eigenvalue weighted by molar-refractivity contribution is 6.09. The Morgan fingerprint density at radius 3 is 2.81 bits per heavy atom. The van der Waals surface area contributed by atoms with E-state index in [1.54, 1.807) is 30.3 Å².